The van der Waals surface area contributed by atoms with Crippen molar-refractivity contribution in [3.63, 3.8) is 0 Å². The van der Waals surface area contributed by atoms with E-state index >= 15 is 0 Å². The van der Waals surface area contributed by atoms with Gasteiger partial charge in [0.1, 0.15) is 0 Å². The number of carbonyl (C=O) groups excluding carboxylic acids is 2. The van der Waals surface area contributed by atoms with Crippen molar-refractivity contribution in [2.24, 2.45) is 5.92 Å². The molecule has 1 aromatic carbocycles. The largest absolute Gasteiger partial charge is 0.346 e. The van der Waals surface area contributed by atoms with Gasteiger partial charge < -0.3 is 9.88 Å². The first-order valence-corrected chi connectivity index (χ1v) is 9.09. The Kier molecular flexibility index (Phi) is 5.37. The van der Waals surface area contributed by atoms with Gasteiger partial charge in [0.05, 0.1) is 5.69 Å². The minimum atomic E-state index is -0.483. The minimum Gasteiger partial charge on any atom is -0.346 e. The van der Waals surface area contributed by atoms with Crippen LogP contribution in [0.1, 0.15) is 54.2 Å². The van der Waals surface area contributed by atoms with Gasteiger partial charge in [0.2, 0.25) is 0 Å². The van der Waals surface area contributed by atoms with Gasteiger partial charge in [-0.15, -0.1) is 0 Å². The third-order valence-corrected chi connectivity index (χ3v) is 5.09. The maximum absolute atomic E-state index is 12.6. The molecule has 1 aliphatic carbocycles. The highest BCUT2D eigenvalue weighted by Crippen LogP contribution is 2.23. The molecule has 1 fully saturated rings. The molecular weight excluding hydrogens is 312 g/mol. The van der Waals surface area contributed by atoms with Gasteiger partial charge in [-0.3, -0.25) is 9.59 Å². The molecule has 0 spiro atoms. The molecular formula is C21H26N2O2. The summed E-state index contributed by atoms with van der Waals surface area (Å²) in [5.74, 6) is -0.213. The molecule has 0 saturated heterocycles. The summed E-state index contributed by atoms with van der Waals surface area (Å²) in [7, 11) is 0. The number of aromatic nitrogens is 1. The van der Waals surface area contributed by atoms with Crippen LogP contribution in [0.15, 0.2) is 42.6 Å². The van der Waals surface area contributed by atoms with Crippen LogP contribution < -0.4 is 5.32 Å². The lowest BCUT2D eigenvalue weighted by Gasteiger charge is -2.26. The molecule has 0 radical (unpaired) electrons. The molecule has 0 bridgehead atoms. The number of Topliss-reactive ketones (excluding diaryl/α,β-unsaturated/α-hetero) is 1. The maximum atomic E-state index is 12.6. The summed E-state index contributed by atoms with van der Waals surface area (Å²) >= 11 is 0. The highest BCUT2D eigenvalue weighted by Gasteiger charge is 2.25. The minimum absolute atomic E-state index is 0.133. The van der Waals surface area contributed by atoms with Crippen LogP contribution in [0.25, 0.3) is 0 Å². The number of amides is 1. The molecule has 1 aromatic heterocycles. The van der Waals surface area contributed by atoms with Gasteiger partial charge in [-0.1, -0.05) is 36.8 Å². The van der Waals surface area contributed by atoms with Gasteiger partial charge >= 0.3 is 0 Å². The Hall–Kier alpha value is -2.36. The van der Waals surface area contributed by atoms with E-state index in [1.54, 1.807) is 6.07 Å². The molecule has 1 saturated carbocycles. The van der Waals surface area contributed by atoms with Gasteiger partial charge in [-0.25, -0.2) is 0 Å². The Morgan fingerprint density at radius 1 is 1.08 bits per heavy atom. The molecule has 1 aliphatic rings. The van der Waals surface area contributed by atoms with Crippen LogP contribution in [0.4, 0.5) is 0 Å². The van der Waals surface area contributed by atoms with Gasteiger partial charge in [-0.2, -0.15) is 0 Å². The summed E-state index contributed by atoms with van der Waals surface area (Å²) in [5.41, 5.74) is 2.76. The van der Waals surface area contributed by atoms with Crippen LogP contribution in [0.2, 0.25) is 0 Å². The van der Waals surface area contributed by atoms with E-state index in [0.29, 0.717) is 12.2 Å². The quantitative estimate of drug-likeness (QED) is 0.667. The molecule has 4 heteroatoms. The van der Waals surface area contributed by atoms with Crippen molar-refractivity contribution in [3.8, 4) is 0 Å². The van der Waals surface area contributed by atoms with E-state index in [2.05, 4.69) is 24.4 Å². The lowest BCUT2D eigenvalue weighted by molar-refractivity contribution is -0.117. The molecule has 0 atom stereocenters. The average molecular weight is 338 g/mol. The molecule has 4 nitrogen and oxygen atoms in total. The first-order valence-electron chi connectivity index (χ1n) is 9.09. The van der Waals surface area contributed by atoms with Crippen LogP contribution in [0, 0.1) is 12.8 Å². The van der Waals surface area contributed by atoms with E-state index < -0.39 is 11.7 Å². The summed E-state index contributed by atoms with van der Waals surface area (Å²) in [6.45, 7) is 4.87. The lowest BCUT2D eigenvalue weighted by Crippen LogP contribution is -2.41. The number of ketones is 1. The number of rotatable bonds is 5. The molecule has 1 amide bonds. The van der Waals surface area contributed by atoms with Crippen molar-refractivity contribution in [1.82, 2.24) is 9.88 Å². The van der Waals surface area contributed by atoms with Crippen molar-refractivity contribution in [2.45, 2.75) is 52.1 Å². The molecule has 0 unspecified atom stereocenters. The predicted octanol–water partition coefficient (Wildman–Crippen LogP) is 3.72. The zero-order valence-corrected chi connectivity index (χ0v) is 15.0. The van der Waals surface area contributed by atoms with Crippen molar-refractivity contribution >= 4 is 11.7 Å². The predicted molar refractivity (Wildman–Crippen MR) is 98.6 cm³/mol. The van der Waals surface area contributed by atoms with Gasteiger partial charge in [-0.05, 0) is 56.2 Å². The molecule has 132 valence electrons. The average Bonchev–Trinajstić information content (AvgIpc) is 3.06. The second-order valence-electron chi connectivity index (χ2n) is 7.27. The highest BCUT2D eigenvalue weighted by molar-refractivity contribution is 6.42. The van der Waals surface area contributed by atoms with Crippen LogP contribution in [-0.2, 0) is 11.3 Å². The number of nitrogens with one attached hydrogen (secondary N) is 1. The van der Waals surface area contributed by atoms with Crippen molar-refractivity contribution in [1.29, 1.82) is 0 Å². The fourth-order valence-corrected chi connectivity index (χ4v) is 3.42. The number of benzene rings is 1. The number of nitrogens with zero attached hydrogens (tertiary/aromatic N) is 1. The van der Waals surface area contributed by atoms with E-state index in [-0.39, 0.29) is 6.04 Å². The van der Waals surface area contributed by atoms with E-state index in [9.17, 15) is 9.59 Å². The Bertz CT molecular complexity index is 738. The third kappa shape index (κ3) is 4.38. The highest BCUT2D eigenvalue weighted by atomic mass is 16.2. The van der Waals surface area contributed by atoms with E-state index in [0.717, 1.165) is 37.2 Å². The Morgan fingerprint density at radius 3 is 2.44 bits per heavy atom. The first kappa shape index (κ1) is 17.5. The second-order valence-corrected chi connectivity index (χ2v) is 7.27. The Balaban J connectivity index is 1.65. The summed E-state index contributed by atoms with van der Waals surface area (Å²) in [4.78, 5) is 24.9. The number of hydrogen-bond acceptors (Lipinski definition) is 2. The molecule has 25 heavy (non-hydrogen) atoms. The summed E-state index contributed by atoms with van der Waals surface area (Å²) in [6.07, 6.45) is 6.00. The zero-order chi connectivity index (χ0) is 17.8. The van der Waals surface area contributed by atoms with Crippen molar-refractivity contribution < 1.29 is 9.59 Å². The van der Waals surface area contributed by atoms with E-state index in [4.69, 9.17) is 0 Å². The topological polar surface area (TPSA) is 51.1 Å². The Labute approximate surface area is 149 Å². The second kappa shape index (κ2) is 7.68. The smallest absolute Gasteiger partial charge is 0.294 e. The standard InChI is InChI=1S/C21H26N2O2/c1-15-5-9-17(10-6-15)14-23-13-3-4-19(23)20(24)21(25)22-18-11-7-16(2)8-12-18/h3-6,9-10,13,16,18H,7-8,11-12,14H2,1-2H3,(H,22,25). The monoisotopic (exact) mass is 338 g/mol. The normalized spacial score (nSPS) is 20.2. The van der Waals surface area contributed by atoms with Crippen LogP contribution in [0.3, 0.4) is 0 Å². The van der Waals surface area contributed by atoms with Crippen molar-refractivity contribution in [2.75, 3.05) is 0 Å². The zero-order valence-electron chi connectivity index (χ0n) is 15.0. The molecule has 2 aromatic rings. The van der Waals surface area contributed by atoms with Gasteiger partial charge in [0, 0.05) is 18.8 Å². The fourth-order valence-electron chi connectivity index (χ4n) is 3.42. The molecule has 1 heterocycles. The maximum Gasteiger partial charge on any atom is 0.294 e. The fraction of sp³-hybridized carbons (Fsp3) is 0.429. The van der Waals surface area contributed by atoms with Gasteiger partial charge in [0.25, 0.3) is 11.7 Å². The number of hydrogen-bond donors (Lipinski definition) is 1. The third-order valence-electron chi connectivity index (χ3n) is 5.09. The van der Waals surface area contributed by atoms with Crippen molar-refractivity contribution in [3.05, 3.63) is 59.4 Å². The van der Waals surface area contributed by atoms with Crippen LogP contribution >= 0.6 is 0 Å². The first-order chi connectivity index (χ1) is 12.0. The molecule has 3 rings (SSSR count). The van der Waals surface area contributed by atoms with Crippen LogP contribution in [0.5, 0.6) is 0 Å². The molecule has 0 aliphatic heterocycles. The number of carbonyl (C=O) groups is 2. The summed E-state index contributed by atoms with van der Waals surface area (Å²) in [6, 6.07) is 11.9. The number of aryl methyl sites for hydroxylation is 1. The summed E-state index contributed by atoms with van der Waals surface area (Å²) in [5, 5.41) is 2.92. The van der Waals surface area contributed by atoms with Crippen LogP contribution in [-0.4, -0.2) is 22.3 Å². The Morgan fingerprint density at radius 2 is 1.76 bits per heavy atom. The van der Waals surface area contributed by atoms with Gasteiger partial charge in [0.15, 0.2) is 0 Å². The lowest BCUT2D eigenvalue weighted by atomic mass is 9.87. The molecule has 1 N–H and O–H groups in total. The SMILES string of the molecule is Cc1ccc(Cn2cccc2C(=O)C(=O)NC2CCC(C)CC2)cc1. The van der Waals surface area contributed by atoms with E-state index in [1.807, 2.05) is 35.9 Å². The van der Waals surface area contributed by atoms with E-state index in [1.165, 1.54) is 5.56 Å². The summed E-state index contributed by atoms with van der Waals surface area (Å²) < 4.78 is 1.84.